The van der Waals surface area contributed by atoms with Crippen LogP contribution in [0.2, 0.25) is 0 Å². The van der Waals surface area contributed by atoms with Gasteiger partial charge in [0.05, 0.1) is 16.6 Å². The van der Waals surface area contributed by atoms with Gasteiger partial charge in [-0.15, -0.1) is 0 Å². The number of nitrogens with zero attached hydrogens (tertiary/aromatic N) is 3. The lowest BCUT2D eigenvalue weighted by atomic mass is 10.1. The SMILES string of the molecule is N#Cc1ccc(CN2CCCNC2=C[N+](=O)[O-])cc1. The molecule has 0 atom stereocenters. The van der Waals surface area contributed by atoms with E-state index in [-0.39, 0.29) is 0 Å². The number of hydrogen-bond donors (Lipinski definition) is 1. The van der Waals surface area contributed by atoms with Crippen molar-refractivity contribution >= 4 is 0 Å². The zero-order valence-electron chi connectivity index (χ0n) is 10.4. The summed E-state index contributed by atoms with van der Waals surface area (Å²) in [4.78, 5) is 12.1. The fourth-order valence-electron chi connectivity index (χ4n) is 2.02. The highest BCUT2D eigenvalue weighted by Gasteiger charge is 2.17. The monoisotopic (exact) mass is 258 g/mol. The Balaban J connectivity index is 2.11. The molecule has 1 fully saturated rings. The van der Waals surface area contributed by atoms with Crippen molar-refractivity contribution in [1.29, 1.82) is 5.26 Å². The minimum atomic E-state index is -0.445. The lowest BCUT2D eigenvalue weighted by molar-refractivity contribution is -0.405. The molecule has 1 aliphatic heterocycles. The molecule has 1 heterocycles. The quantitative estimate of drug-likeness (QED) is 0.655. The number of hydrogen-bond acceptors (Lipinski definition) is 5. The van der Waals surface area contributed by atoms with Crippen LogP contribution in [0.15, 0.2) is 36.3 Å². The van der Waals surface area contributed by atoms with Crippen LogP contribution in [0.5, 0.6) is 0 Å². The second kappa shape index (κ2) is 5.87. The molecule has 0 spiro atoms. The molecular formula is C13H14N4O2. The van der Waals surface area contributed by atoms with E-state index in [1.54, 1.807) is 12.1 Å². The second-order valence-electron chi connectivity index (χ2n) is 4.31. The van der Waals surface area contributed by atoms with Crippen molar-refractivity contribution in [3.63, 3.8) is 0 Å². The highest BCUT2D eigenvalue weighted by Crippen LogP contribution is 2.14. The summed E-state index contributed by atoms with van der Waals surface area (Å²) >= 11 is 0. The van der Waals surface area contributed by atoms with Gasteiger partial charge in [-0.25, -0.2) is 0 Å². The molecule has 0 amide bonds. The van der Waals surface area contributed by atoms with Gasteiger partial charge in [-0.05, 0) is 24.1 Å². The maximum absolute atomic E-state index is 10.6. The molecule has 1 aromatic carbocycles. The predicted molar refractivity (Wildman–Crippen MR) is 69.3 cm³/mol. The Morgan fingerprint density at radius 2 is 2.21 bits per heavy atom. The average molecular weight is 258 g/mol. The van der Waals surface area contributed by atoms with Crippen LogP contribution >= 0.6 is 0 Å². The molecule has 1 aromatic rings. The van der Waals surface area contributed by atoms with Gasteiger partial charge in [0.15, 0.2) is 5.82 Å². The molecule has 2 rings (SSSR count). The summed E-state index contributed by atoms with van der Waals surface area (Å²) in [6.45, 7) is 2.13. The number of nitrogens with one attached hydrogen (secondary N) is 1. The zero-order valence-corrected chi connectivity index (χ0v) is 10.4. The van der Waals surface area contributed by atoms with E-state index in [2.05, 4.69) is 11.4 Å². The first kappa shape index (κ1) is 12.9. The molecule has 0 bridgehead atoms. The van der Waals surface area contributed by atoms with E-state index in [0.29, 0.717) is 17.9 Å². The van der Waals surface area contributed by atoms with Crippen LogP contribution in [0.4, 0.5) is 0 Å². The van der Waals surface area contributed by atoms with Crippen LogP contribution in [0.25, 0.3) is 0 Å². The van der Waals surface area contributed by atoms with Crippen LogP contribution in [0, 0.1) is 21.4 Å². The van der Waals surface area contributed by atoms with Crippen molar-refractivity contribution in [3.8, 4) is 6.07 Å². The Kier molecular flexibility index (Phi) is 3.98. The summed E-state index contributed by atoms with van der Waals surface area (Å²) in [5.74, 6) is 0.542. The van der Waals surface area contributed by atoms with Crippen LogP contribution < -0.4 is 5.32 Å². The molecule has 0 aliphatic carbocycles. The molecule has 1 N–H and O–H groups in total. The smallest absolute Gasteiger partial charge is 0.274 e. The average Bonchev–Trinajstić information content (AvgIpc) is 2.41. The first-order chi connectivity index (χ1) is 9.19. The summed E-state index contributed by atoms with van der Waals surface area (Å²) < 4.78 is 0. The molecule has 0 radical (unpaired) electrons. The maximum atomic E-state index is 10.6. The topological polar surface area (TPSA) is 82.2 Å². The van der Waals surface area contributed by atoms with E-state index in [1.807, 2.05) is 17.0 Å². The lowest BCUT2D eigenvalue weighted by Crippen LogP contribution is -2.39. The molecule has 19 heavy (non-hydrogen) atoms. The number of nitro groups is 1. The van der Waals surface area contributed by atoms with Gasteiger partial charge < -0.3 is 10.2 Å². The van der Waals surface area contributed by atoms with E-state index in [4.69, 9.17) is 5.26 Å². The van der Waals surface area contributed by atoms with Crippen LogP contribution in [0.3, 0.4) is 0 Å². The van der Waals surface area contributed by atoms with Crippen molar-refractivity contribution in [2.45, 2.75) is 13.0 Å². The van der Waals surface area contributed by atoms with E-state index in [1.165, 1.54) is 0 Å². The largest absolute Gasteiger partial charge is 0.367 e. The van der Waals surface area contributed by atoms with Gasteiger partial charge in [-0.1, -0.05) is 12.1 Å². The van der Waals surface area contributed by atoms with E-state index in [0.717, 1.165) is 31.3 Å². The van der Waals surface area contributed by atoms with Crippen molar-refractivity contribution in [3.05, 3.63) is 57.5 Å². The standard InChI is InChI=1S/C13H14N4O2/c14-8-11-2-4-12(5-3-11)9-16-7-1-6-15-13(16)10-17(18)19/h2-5,10,15H,1,6-7,9H2. The number of rotatable bonds is 3. The van der Waals surface area contributed by atoms with Crippen molar-refractivity contribution in [1.82, 2.24) is 10.2 Å². The third-order valence-electron chi connectivity index (χ3n) is 2.94. The van der Waals surface area contributed by atoms with Gasteiger partial charge in [-0.2, -0.15) is 5.26 Å². The first-order valence-corrected chi connectivity index (χ1v) is 6.02. The van der Waals surface area contributed by atoms with Gasteiger partial charge >= 0.3 is 0 Å². The fourth-order valence-corrected chi connectivity index (χ4v) is 2.02. The van der Waals surface area contributed by atoms with E-state index < -0.39 is 4.92 Å². The molecule has 1 saturated heterocycles. The van der Waals surface area contributed by atoms with Gasteiger partial charge in [0.1, 0.15) is 0 Å². The Bertz CT molecular complexity index is 531. The maximum Gasteiger partial charge on any atom is 0.274 e. The predicted octanol–water partition coefficient (Wildman–Crippen LogP) is 1.43. The molecule has 0 unspecified atom stereocenters. The molecule has 0 aromatic heterocycles. The van der Waals surface area contributed by atoms with Crippen molar-refractivity contribution < 1.29 is 4.92 Å². The highest BCUT2D eigenvalue weighted by molar-refractivity contribution is 5.31. The van der Waals surface area contributed by atoms with Gasteiger partial charge in [0.2, 0.25) is 0 Å². The lowest BCUT2D eigenvalue weighted by Gasteiger charge is -2.30. The van der Waals surface area contributed by atoms with Crippen LogP contribution in [-0.4, -0.2) is 22.9 Å². The van der Waals surface area contributed by atoms with E-state index in [9.17, 15) is 10.1 Å². The Morgan fingerprint density at radius 1 is 1.47 bits per heavy atom. The van der Waals surface area contributed by atoms with Crippen LogP contribution in [-0.2, 0) is 6.54 Å². The van der Waals surface area contributed by atoms with Crippen LogP contribution in [0.1, 0.15) is 17.5 Å². The molecule has 6 nitrogen and oxygen atoms in total. The summed E-state index contributed by atoms with van der Waals surface area (Å²) in [6, 6.07) is 9.32. The Hall–Kier alpha value is -2.55. The van der Waals surface area contributed by atoms with E-state index >= 15 is 0 Å². The third-order valence-corrected chi connectivity index (χ3v) is 2.94. The first-order valence-electron chi connectivity index (χ1n) is 6.02. The van der Waals surface area contributed by atoms with Gasteiger partial charge in [0.25, 0.3) is 6.20 Å². The Labute approximate surface area is 111 Å². The number of benzene rings is 1. The fraction of sp³-hybridized carbons (Fsp3) is 0.308. The second-order valence-corrected chi connectivity index (χ2v) is 4.31. The third kappa shape index (κ3) is 3.45. The zero-order chi connectivity index (χ0) is 13.7. The molecule has 98 valence electrons. The summed E-state index contributed by atoms with van der Waals surface area (Å²) in [5, 5.41) is 22.3. The summed E-state index contributed by atoms with van der Waals surface area (Å²) in [7, 11) is 0. The molecular weight excluding hydrogens is 244 g/mol. The van der Waals surface area contributed by atoms with Gasteiger partial charge in [0, 0.05) is 19.6 Å². The minimum Gasteiger partial charge on any atom is -0.367 e. The normalized spacial score (nSPS) is 16.8. The number of nitriles is 1. The van der Waals surface area contributed by atoms with Crippen molar-refractivity contribution in [2.24, 2.45) is 0 Å². The van der Waals surface area contributed by atoms with Crippen molar-refractivity contribution in [2.75, 3.05) is 13.1 Å². The summed E-state index contributed by atoms with van der Waals surface area (Å²) in [6.07, 6.45) is 1.95. The molecule has 0 saturated carbocycles. The Morgan fingerprint density at radius 3 is 2.84 bits per heavy atom. The highest BCUT2D eigenvalue weighted by atomic mass is 16.6. The molecule has 1 aliphatic rings. The summed E-state index contributed by atoms with van der Waals surface area (Å²) in [5.41, 5.74) is 1.64. The van der Waals surface area contributed by atoms with Gasteiger partial charge in [-0.3, -0.25) is 10.1 Å². The molecule has 6 heteroatoms. The minimum absolute atomic E-state index is 0.445.